The molecular formula is C30H35F3N2O4. The standard InChI is InChI=1S/C28H31F3N2O3.C2H4O/c1-5-35-26(34)27(3,4)36-24-13-9-21(10-14-24)16-17-33(25-15-6-20(2)18-32-25)19-22-7-11-23(12-8-22)28(29,30)31;1-2-3/h6-15,18H,5,16-17,19H2,1-4H3;2H,1H3. The van der Waals surface area contributed by atoms with Crippen LogP contribution in [-0.2, 0) is 33.5 Å². The van der Waals surface area contributed by atoms with Crippen LogP contribution in [0.4, 0.5) is 19.0 Å². The molecule has 6 nitrogen and oxygen atoms in total. The molecule has 0 saturated carbocycles. The van der Waals surface area contributed by atoms with Crippen molar-refractivity contribution < 1.29 is 32.2 Å². The van der Waals surface area contributed by atoms with Crippen LogP contribution in [0.5, 0.6) is 5.75 Å². The second-order valence-electron chi connectivity index (χ2n) is 9.27. The Morgan fingerprint density at radius 1 is 0.974 bits per heavy atom. The molecule has 9 heteroatoms. The Balaban J connectivity index is 0.00000170. The van der Waals surface area contributed by atoms with Crippen molar-refractivity contribution in [2.24, 2.45) is 0 Å². The number of hydrogen-bond acceptors (Lipinski definition) is 6. The summed E-state index contributed by atoms with van der Waals surface area (Å²) in [5.74, 6) is 0.869. The van der Waals surface area contributed by atoms with E-state index >= 15 is 0 Å². The highest BCUT2D eigenvalue weighted by Crippen LogP contribution is 2.29. The van der Waals surface area contributed by atoms with Crippen LogP contribution in [-0.4, -0.2) is 36.0 Å². The van der Waals surface area contributed by atoms with Crippen molar-refractivity contribution in [3.63, 3.8) is 0 Å². The molecule has 3 rings (SSSR count). The number of alkyl halides is 3. The summed E-state index contributed by atoms with van der Waals surface area (Å²) in [5.41, 5.74) is 1.05. The molecule has 2 aromatic carbocycles. The average molecular weight is 545 g/mol. The van der Waals surface area contributed by atoms with Crippen LogP contribution in [0.1, 0.15) is 49.9 Å². The van der Waals surface area contributed by atoms with E-state index in [1.807, 2.05) is 36.1 Å². The first kappa shape index (κ1) is 31.3. The molecule has 0 unspecified atom stereocenters. The molecule has 39 heavy (non-hydrogen) atoms. The van der Waals surface area contributed by atoms with Gasteiger partial charge in [0.15, 0.2) is 5.60 Å². The zero-order chi connectivity index (χ0) is 29.1. The second-order valence-corrected chi connectivity index (χ2v) is 9.27. The molecule has 0 atom stereocenters. The van der Waals surface area contributed by atoms with Gasteiger partial charge in [0.05, 0.1) is 12.2 Å². The fourth-order valence-corrected chi connectivity index (χ4v) is 3.57. The summed E-state index contributed by atoms with van der Waals surface area (Å²) < 4.78 is 49.7. The Bertz CT molecular complexity index is 1180. The maximum Gasteiger partial charge on any atom is 0.416 e. The first-order valence-corrected chi connectivity index (χ1v) is 12.6. The van der Waals surface area contributed by atoms with Crippen molar-refractivity contribution in [2.45, 2.75) is 59.4 Å². The molecule has 0 bridgehead atoms. The zero-order valence-corrected chi connectivity index (χ0v) is 22.9. The molecule has 0 radical (unpaired) electrons. The first-order chi connectivity index (χ1) is 18.4. The summed E-state index contributed by atoms with van der Waals surface area (Å²) >= 11 is 0. The number of rotatable bonds is 10. The van der Waals surface area contributed by atoms with Crippen LogP contribution in [0, 0.1) is 6.92 Å². The fourth-order valence-electron chi connectivity index (χ4n) is 3.57. The molecule has 1 aromatic heterocycles. The minimum atomic E-state index is -4.36. The van der Waals surface area contributed by atoms with Gasteiger partial charge in [0.1, 0.15) is 17.9 Å². The summed E-state index contributed by atoms with van der Waals surface area (Å²) in [6, 6.07) is 16.5. The van der Waals surface area contributed by atoms with Gasteiger partial charge in [-0.1, -0.05) is 30.3 Å². The molecule has 0 aliphatic rings. The molecule has 0 amide bonds. The van der Waals surface area contributed by atoms with E-state index in [2.05, 4.69) is 4.98 Å². The van der Waals surface area contributed by atoms with Gasteiger partial charge in [-0.3, -0.25) is 0 Å². The summed E-state index contributed by atoms with van der Waals surface area (Å²) in [5, 5.41) is 0. The third-order valence-electron chi connectivity index (χ3n) is 5.61. The molecule has 0 fully saturated rings. The third-order valence-corrected chi connectivity index (χ3v) is 5.61. The number of aryl methyl sites for hydroxylation is 1. The van der Waals surface area contributed by atoms with Crippen LogP contribution in [0.3, 0.4) is 0 Å². The van der Waals surface area contributed by atoms with Crippen LogP contribution in [0.2, 0.25) is 0 Å². The summed E-state index contributed by atoms with van der Waals surface area (Å²) in [4.78, 5) is 27.4. The number of aldehydes is 1. The first-order valence-electron chi connectivity index (χ1n) is 12.6. The number of ether oxygens (including phenoxy) is 2. The largest absolute Gasteiger partial charge is 0.476 e. The molecule has 3 aromatic rings. The molecule has 210 valence electrons. The highest BCUT2D eigenvalue weighted by molar-refractivity contribution is 5.79. The van der Waals surface area contributed by atoms with E-state index < -0.39 is 23.3 Å². The lowest BCUT2D eigenvalue weighted by molar-refractivity contribution is -0.158. The van der Waals surface area contributed by atoms with Crippen molar-refractivity contribution in [1.82, 2.24) is 4.98 Å². The summed E-state index contributed by atoms with van der Waals surface area (Å²) in [7, 11) is 0. The van der Waals surface area contributed by atoms with Crippen LogP contribution in [0.25, 0.3) is 0 Å². The Labute approximate surface area is 227 Å². The highest BCUT2D eigenvalue weighted by atomic mass is 19.4. The van der Waals surface area contributed by atoms with Gasteiger partial charge in [-0.25, -0.2) is 9.78 Å². The lowest BCUT2D eigenvalue weighted by Crippen LogP contribution is -2.39. The van der Waals surface area contributed by atoms with Crippen molar-refractivity contribution >= 4 is 18.1 Å². The molecule has 0 aliphatic carbocycles. The normalized spacial score (nSPS) is 11.2. The van der Waals surface area contributed by atoms with Gasteiger partial charge in [0, 0.05) is 19.3 Å². The van der Waals surface area contributed by atoms with E-state index in [0.29, 0.717) is 25.3 Å². The van der Waals surface area contributed by atoms with Crippen molar-refractivity contribution in [2.75, 3.05) is 18.1 Å². The number of halogens is 3. The van der Waals surface area contributed by atoms with E-state index in [1.165, 1.54) is 19.1 Å². The molecule has 0 saturated heterocycles. The van der Waals surface area contributed by atoms with E-state index in [9.17, 15) is 18.0 Å². The SMILES string of the molecule is CC=O.CCOC(=O)C(C)(C)Oc1ccc(CCN(Cc2ccc(C(F)(F)F)cc2)c2ccc(C)cn2)cc1. The van der Waals surface area contributed by atoms with E-state index in [-0.39, 0.29) is 6.61 Å². The molecular weight excluding hydrogens is 509 g/mol. The van der Waals surface area contributed by atoms with Crippen molar-refractivity contribution in [3.05, 3.63) is 89.1 Å². The van der Waals surface area contributed by atoms with Gasteiger partial charge in [0.2, 0.25) is 0 Å². The van der Waals surface area contributed by atoms with E-state index in [0.717, 1.165) is 40.9 Å². The predicted octanol–water partition coefficient (Wildman–Crippen LogP) is 6.58. The lowest BCUT2D eigenvalue weighted by Gasteiger charge is -2.25. The minimum absolute atomic E-state index is 0.281. The second kappa shape index (κ2) is 14.3. The average Bonchev–Trinajstić information content (AvgIpc) is 2.88. The third kappa shape index (κ3) is 10.1. The quantitative estimate of drug-likeness (QED) is 0.212. The zero-order valence-electron chi connectivity index (χ0n) is 22.9. The minimum Gasteiger partial charge on any atom is -0.476 e. The van der Waals surface area contributed by atoms with Gasteiger partial charge < -0.3 is 19.2 Å². The van der Waals surface area contributed by atoms with Crippen LogP contribution >= 0.6 is 0 Å². The van der Waals surface area contributed by atoms with Gasteiger partial charge in [-0.2, -0.15) is 13.2 Å². The number of anilines is 1. The molecule has 0 aliphatic heterocycles. The highest BCUT2D eigenvalue weighted by Gasteiger charge is 2.31. The number of esters is 1. The van der Waals surface area contributed by atoms with Gasteiger partial charge in [-0.05, 0) is 88.1 Å². The predicted molar refractivity (Wildman–Crippen MR) is 145 cm³/mol. The summed E-state index contributed by atoms with van der Waals surface area (Å²) in [6.45, 7) is 9.76. The number of carbonyl (C=O) groups excluding carboxylic acids is 2. The van der Waals surface area contributed by atoms with Crippen LogP contribution in [0.15, 0.2) is 66.9 Å². The Hall–Kier alpha value is -3.88. The number of carbonyl (C=O) groups is 2. The molecule has 0 N–H and O–H groups in total. The van der Waals surface area contributed by atoms with E-state index in [4.69, 9.17) is 14.3 Å². The topological polar surface area (TPSA) is 68.7 Å². The smallest absolute Gasteiger partial charge is 0.416 e. The maximum atomic E-state index is 12.9. The number of pyridine rings is 1. The van der Waals surface area contributed by atoms with Gasteiger partial charge in [-0.15, -0.1) is 0 Å². The van der Waals surface area contributed by atoms with Gasteiger partial charge in [0.25, 0.3) is 0 Å². The lowest BCUT2D eigenvalue weighted by atomic mass is 10.1. The molecule has 1 heterocycles. The van der Waals surface area contributed by atoms with Crippen molar-refractivity contribution in [1.29, 1.82) is 0 Å². The van der Waals surface area contributed by atoms with Crippen molar-refractivity contribution in [3.8, 4) is 5.75 Å². The summed E-state index contributed by atoms with van der Waals surface area (Å²) in [6.07, 6.45) is -1.16. The van der Waals surface area contributed by atoms with Gasteiger partial charge >= 0.3 is 12.1 Å². The molecule has 0 spiro atoms. The Kier molecular flexibility index (Phi) is 11.5. The van der Waals surface area contributed by atoms with E-state index in [1.54, 1.807) is 39.1 Å². The monoisotopic (exact) mass is 544 g/mol. The fraction of sp³-hybridized carbons (Fsp3) is 0.367. The Morgan fingerprint density at radius 3 is 2.08 bits per heavy atom. The Morgan fingerprint density at radius 2 is 1.56 bits per heavy atom. The number of aromatic nitrogens is 1. The maximum absolute atomic E-state index is 12.9. The number of nitrogens with zero attached hydrogens (tertiary/aromatic N) is 2. The number of hydrogen-bond donors (Lipinski definition) is 0. The van der Waals surface area contributed by atoms with Crippen LogP contribution < -0.4 is 9.64 Å². The number of benzene rings is 2.